The summed E-state index contributed by atoms with van der Waals surface area (Å²) >= 11 is 0. The van der Waals surface area contributed by atoms with Gasteiger partial charge in [-0.25, -0.2) is 0 Å². The molecule has 0 radical (unpaired) electrons. The van der Waals surface area contributed by atoms with Crippen molar-refractivity contribution >= 4 is 16.1 Å². The highest BCUT2D eigenvalue weighted by molar-refractivity contribution is 7.84. The van der Waals surface area contributed by atoms with Crippen LogP contribution in [0.15, 0.2) is 54.6 Å². The molecular weight excluding hydrogens is 330 g/mol. The van der Waals surface area contributed by atoms with Gasteiger partial charge in [-0.2, -0.15) is 8.42 Å². The van der Waals surface area contributed by atoms with Gasteiger partial charge in [0.2, 0.25) is 0 Å². The molecule has 0 saturated carbocycles. The lowest BCUT2D eigenvalue weighted by atomic mass is 10.0. The van der Waals surface area contributed by atoms with E-state index in [0.717, 1.165) is 4.31 Å². The largest absolute Gasteiger partial charge is 0.388 e. The van der Waals surface area contributed by atoms with E-state index in [-0.39, 0.29) is 24.6 Å². The quantitative estimate of drug-likeness (QED) is 0.798. The molecule has 0 bridgehead atoms. The van der Waals surface area contributed by atoms with Gasteiger partial charge in [-0.05, 0) is 6.07 Å². The molecule has 1 saturated heterocycles. The zero-order valence-corrected chi connectivity index (χ0v) is 13.5. The third-order valence-electron chi connectivity index (χ3n) is 4.19. The van der Waals surface area contributed by atoms with Gasteiger partial charge in [0.1, 0.15) is 0 Å². The monoisotopic (exact) mass is 345 g/mol. The molecule has 2 aliphatic rings. The lowest BCUT2D eigenvalue weighted by Crippen LogP contribution is -2.44. The van der Waals surface area contributed by atoms with Crippen LogP contribution < -0.4 is 4.18 Å². The maximum absolute atomic E-state index is 12.5. The van der Waals surface area contributed by atoms with Gasteiger partial charge in [-0.1, -0.05) is 48.5 Å². The highest BCUT2D eigenvalue weighted by Crippen LogP contribution is 2.43. The van der Waals surface area contributed by atoms with Crippen LogP contribution in [-0.2, 0) is 15.0 Å². The van der Waals surface area contributed by atoms with Crippen LogP contribution in [-0.4, -0.2) is 31.2 Å². The summed E-state index contributed by atoms with van der Waals surface area (Å²) in [6.45, 7) is 0.153. The average molecular weight is 345 g/mol. The zero-order valence-electron chi connectivity index (χ0n) is 12.7. The van der Waals surface area contributed by atoms with E-state index in [1.165, 1.54) is 0 Å². The Kier molecular flexibility index (Phi) is 3.64. The summed E-state index contributed by atoms with van der Waals surface area (Å²) in [6.07, 6.45) is -0.695. The minimum Gasteiger partial charge on any atom is -0.370 e. The number of para-hydroxylation sites is 1. The number of nitrogens with zero attached hydrogens (tertiary/aromatic N) is 1. The van der Waals surface area contributed by atoms with E-state index in [9.17, 15) is 13.2 Å². The fourth-order valence-electron chi connectivity index (χ4n) is 3.09. The molecule has 2 aliphatic heterocycles. The van der Waals surface area contributed by atoms with E-state index in [2.05, 4.69) is 0 Å². The van der Waals surface area contributed by atoms with E-state index in [1.54, 1.807) is 48.5 Å². The third kappa shape index (κ3) is 2.50. The maximum Gasteiger partial charge on any atom is 0.388 e. The Hall–Kier alpha value is -2.22. The first-order valence-electron chi connectivity index (χ1n) is 7.58. The molecule has 0 N–H and O–H groups in total. The van der Waals surface area contributed by atoms with E-state index in [1.807, 2.05) is 6.07 Å². The molecule has 0 aliphatic carbocycles. The highest BCUT2D eigenvalue weighted by atomic mass is 32.2. The maximum atomic E-state index is 12.5. The van der Waals surface area contributed by atoms with Crippen LogP contribution >= 0.6 is 0 Å². The summed E-state index contributed by atoms with van der Waals surface area (Å²) in [7, 11) is -3.99. The average Bonchev–Trinajstić information content (AvgIpc) is 3.00. The molecule has 0 unspecified atom stereocenters. The molecular formula is C17H15NO5S. The molecule has 2 aromatic carbocycles. The molecule has 2 aromatic rings. The van der Waals surface area contributed by atoms with Crippen LogP contribution in [0.5, 0.6) is 5.75 Å². The zero-order chi connectivity index (χ0) is 16.7. The summed E-state index contributed by atoms with van der Waals surface area (Å²) < 4.78 is 36.9. The fourth-order valence-corrected chi connectivity index (χ4v) is 4.46. The normalized spacial score (nSPS) is 24.7. The van der Waals surface area contributed by atoms with Gasteiger partial charge in [-0.3, -0.25) is 4.79 Å². The minimum atomic E-state index is -3.99. The van der Waals surface area contributed by atoms with Crippen LogP contribution in [0.3, 0.4) is 0 Å². The molecule has 24 heavy (non-hydrogen) atoms. The Labute approximate surface area is 139 Å². The van der Waals surface area contributed by atoms with E-state index in [0.29, 0.717) is 11.1 Å². The van der Waals surface area contributed by atoms with Crippen LogP contribution in [0.4, 0.5) is 0 Å². The van der Waals surface area contributed by atoms with Crippen molar-refractivity contribution in [3.63, 3.8) is 0 Å². The van der Waals surface area contributed by atoms with Gasteiger partial charge < -0.3 is 8.92 Å². The van der Waals surface area contributed by atoms with Crippen LogP contribution in [0, 0.1) is 0 Å². The second-order valence-corrected chi connectivity index (χ2v) is 7.19. The number of carbonyl (C=O) groups excluding carboxylic acids is 1. The smallest absolute Gasteiger partial charge is 0.370 e. The molecule has 7 heteroatoms. The molecule has 2 heterocycles. The van der Waals surface area contributed by atoms with Crippen LogP contribution in [0.2, 0.25) is 0 Å². The molecule has 2 atom stereocenters. The number of rotatable bonds is 3. The number of Topliss-reactive ketones (excluding diaryl/α,β-unsaturated/α-hetero) is 1. The molecule has 6 nitrogen and oxygen atoms in total. The van der Waals surface area contributed by atoms with Crippen molar-refractivity contribution in [1.82, 2.24) is 4.31 Å². The number of ether oxygens (including phenoxy) is 1. The number of ketones is 1. The Morgan fingerprint density at radius 3 is 2.58 bits per heavy atom. The Morgan fingerprint density at radius 1 is 1.08 bits per heavy atom. The lowest BCUT2D eigenvalue weighted by Gasteiger charge is -2.31. The fraction of sp³-hybridized carbons (Fsp3) is 0.235. The Morgan fingerprint density at radius 2 is 1.79 bits per heavy atom. The molecule has 124 valence electrons. The summed E-state index contributed by atoms with van der Waals surface area (Å²) in [6, 6.07) is 15.1. The van der Waals surface area contributed by atoms with Crippen molar-refractivity contribution in [3.8, 4) is 5.75 Å². The summed E-state index contributed by atoms with van der Waals surface area (Å²) in [5, 5.41) is 0. The number of fused-ring (bicyclic) bond motifs is 3. The van der Waals surface area contributed by atoms with Crippen molar-refractivity contribution in [2.75, 3.05) is 6.61 Å². The van der Waals surface area contributed by atoms with Gasteiger partial charge in [0.25, 0.3) is 0 Å². The highest BCUT2D eigenvalue weighted by Gasteiger charge is 2.49. The van der Waals surface area contributed by atoms with E-state index in [4.69, 9.17) is 8.92 Å². The predicted molar refractivity (Wildman–Crippen MR) is 85.7 cm³/mol. The Balaban J connectivity index is 1.63. The first kappa shape index (κ1) is 15.3. The second kappa shape index (κ2) is 5.70. The summed E-state index contributed by atoms with van der Waals surface area (Å²) in [5.74, 6) is 0.146. The van der Waals surface area contributed by atoms with E-state index < -0.39 is 22.6 Å². The van der Waals surface area contributed by atoms with Crippen molar-refractivity contribution in [1.29, 1.82) is 0 Å². The number of hydrogen-bond acceptors (Lipinski definition) is 5. The third-order valence-corrected chi connectivity index (χ3v) is 5.59. The number of carbonyl (C=O) groups is 1. The molecule has 1 fully saturated rings. The van der Waals surface area contributed by atoms with E-state index >= 15 is 0 Å². The lowest BCUT2D eigenvalue weighted by molar-refractivity contribution is 0.0573. The summed E-state index contributed by atoms with van der Waals surface area (Å²) in [4.78, 5) is 12.4. The van der Waals surface area contributed by atoms with Crippen molar-refractivity contribution in [3.05, 3.63) is 65.7 Å². The van der Waals surface area contributed by atoms with Crippen molar-refractivity contribution in [2.24, 2.45) is 0 Å². The van der Waals surface area contributed by atoms with Gasteiger partial charge in [0.05, 0.1) is 12.6 Å². The first-order valence-corrected chi connectivity index (χ1v) is 8.94. The van der Waals surface area contributed by atoms with Gasteiger partial charge in [0.15, 0.2) is 17.8 Å². The van der Waals surface area contributed by atoms with Crippen LogP contribution in [0.1, 0.15) is 28.6 Å². The topological polar surface area (TPSA) is 72.9 Å². The van der Waals surface area contributed by atoms with Gasteiger partial charge >= 0.3 is 10.3 Å². The SMILES string of the molecule is O=C(C[C@@H]1CO[C@H]2c3ccccc3OS(=O)(=O)N12)c1ccccc1. The van der Waals surface area contributed by atoms with Gasteiger partial charge in [0, 0.05) is 17.5 Å². The molecule has 0 spiro atoms. The first-order chi connectivity index (χ1) is 11.6. The number of benzene rings is 2. The van der Waals surface area contributed by atoms with Gasteiger partial charge in [-0.15, -0.1) is 4.31 Å². The molecule has 4 rings (SSSR count). The van der Waals surface area contributed by atoms with Crippen molar-refractivity contribution in [2.45, 2.75) is 18.7 Å². The minimum absolute atomic E-state index is 0.0469. The standard InChI is InChI=1S/C17H15NO5S/c19-15(12-6-2-1-3-7-12)10-13-11-22-17-14-8-4-5-9-16(14)23-24(20,21)18(13)17/h1-9,13,17H,10-11H2/t13-,17+/m1/s1. The predicted octanol–water partition coefficient (Wildman–Crippen LogP) is 2.30. The molecule has 0 aromatic heterocycles. The van der Waals surface area contributed by atoms with Crippen molar-refractivity contribution < 1.29 is 22.1 Å². The number of hydrogen-bond donors (Lipinski definition) is 0. The second-order valence-electron chi connectivity index (χ2n) is 5.74. The molecule has 0 amide bonds. The van der Waals surface area contributed by atoms with Crippen LogP contribution in [0.25, 0.3) is 0 Å². The Bertz CT molecular complexity index is 881. The summed E-state index contributed by atoms with van der Waals surface area (Å²) in [5.41, 5.74) is 1.21.